The third-order valence-corrected chi connectivity index (χ3v) is 3.90. The number of rotatable bonds is 5. The van der Waals surface area contributed by atoms with Crippen molar-refractivity contribution in [3.63, 3.8) is 0 Å². The second-order valence-electron chi connectivity index (χ2n) is 3.80. The Labute approximate surface area is 81.1 Å². The van der Waals surface area contributed by atoms with Gasteiger partial charge in [-0.25, -0.2) is 13.6 Å². The number of nitrogens with two attached hydrogens (primary N) is 1. The second-order valence-corrected chi connectivity index (χ2v) is 5.52. The van der Waals surface area contributed by atoms with Crippen molar-refractivity contribution in [2.24, 2.45) is 17.0 Å². The minimum absolute atomic E-state index is 0.0347. The zero-order valence-corrected chi connectivity index (χ0v) is 9.34. The summed E-state index contributed by atoms with van der Waals surface area (Å²) in [4.78, 5) is 0. The summed E-state index contributed by atoms with van der Waals surface area (Å²) in [7, 11) is -3.43. The van der Waals surface area contributed by atoms with E-state index in [1.165, 1.54) is 0 Å². The van der Waals surface area contributed by atoms with Crippen molar-refractivity contribution >= 4 is 10.0 Å². The third kappa shape index (κ3) is 3.91. The van der Waals surface area contributed by atoms with Crippen LogP contribution in [0.3, 0.4) is 0 Å². The fraction of sp³-hybridized carbons (Fsp3) is 0.778. The van der Waals surface area contributed by atoms with Crippen LogP contribution in [0.15, 0.2) is 12.7 Å². The third-order valence-electron chi connectivity index (χ3n) is 2.14. The summed E-state index contributed by atoms with van der Waals surface area (Å²) < 4.78 is 22.5. The van der Waals surface area contributed by atoms with E-state index in [1.54, 1.807) is 6.08 Å². The van der Waals surface area contributed by atoms with E-state index in [0.717, 1.165) is 0 Å². The van der Waals surface area contributed by atoms with Gasteiger partial charge in [-0.1, -0.05) is 26.8 Å². The number of hydrogen-bond acceptors (Lipinski definition) is 2. The first-order valence-corrected chi connectivity index (χ1v) is 6.04. The first kappa shape index (κ1) is 12.7. The molecule has 0 aromatic heterocycles. The van der Waals surface area contributed by atoms with Crippen LogP contribution >= 0.6 is 0 Å². The highest BCUT2D eigenvalue weighted by atomic mass is 32.2. The van der Waals surface area contributed by atoms with E-state index in [9.17, 15) is 8.42 Å². The molecule has 0 aromatic rings. The van der Waals surface area contributed by atoms with Gasteiger partial charge < -0.3 is 0 Å². The summed E-state index contributed by atoms with van der Waals surface area (Å²) in [6, 6.07) is 0. The molecule has 0 heterocycles. The normalized spacial score (nSPS) is 17.0. The molecular weight excluding hydrogens is 186 g/mol. The van der Waals surface area contributed by atoms with Crippen LogP contribution in [0.5, 0.6) is 0 Å². The summed E-state index contributed by atoms with van der Waals surface area (Å²) in [6.07, 6.45) is 2.41. The van der Waals surface area contributed by atoms with Crippen molar-refractivity contribution in [2.75, 3.05) is 0 Å². The number of allylic oxidation sites excluding steroid dienone is 1. The van der Waals surface area contributed by atoms with Crippen LogP contribution in [0.25, 0.3) is 0 Å². The lowest BCUT2D eigenvalue weighted by molar-refractivity contribution is 0.430. The quantitative estimate of drug-likeness (QED) is 0.692. The molecule has 78 valence electrons. The molecule has 0 rings (SSSR count). The van der Waals surface area contributed by atoms with Gasteiger partial charge in [-0.15, -0.1) is 6.58 Å². The summed E-state index contributed by atoms with van der Waals surface area (Å²) in [6.45, 7) is 9.21. The lowest BCUT2D eigenvalue weighted by Gasteiger charge is -2.24. The molecular formula is C9H19NO2S. The Hall–Kier alpha value is -0.350. The molecule has 0 saturated carbocycles. The maximum absolute atomic E-state index is 11.2. The van der Waals surface area contributed by atoms with Crippen molar-refractivity contribution in [1.29, 1.82) is 0 Å². The van der Waals surface area contributed by atoms with Crippen molar-refractivity contribution in [3.8, 4) is 0 Å². The van der Waals surface area contributed by atoms with Crippen LogP contribution in [0, 0.1) is 11.8 Å². The van der Waals surface area contributed by atoms with Gasteiger partial charge in [0.2, 0.25) is 10.0 Å². The van der Waals surface area contributed by atoms with E-state index in [0.29, 0.717) is 6.42 Å². The molecule has 0 fully saturated rings. The molecule has 0 aromatic carbocycles. The molecule has 0 saturated heterocycles. The predicted octanol–water partition coefficient (Wildman–Crippen LogP) is 1.51. The molecule has 0 unspecified atom stereocenters. The molecule has 0 aliphatic carbocycles. The monoisotopic (exact) mass is 205 g/mol. The lowest BCUT2D eigenvalue weighted by Crippen LogP contribution is -2.37. The molecule has 2 atom stereocenters. The van der Waals surface area contributed by atoms with E-state index >= 15 is 0 Å². The van der Waals surface area contributed by atoms with Crippen molar-refractivity contribution in [1.82, 2.24) is 0 Å². The molecule has 3 nitrogen and oxygen atoms in total. The van der Waals surface area contributed by atoms with Gasteiger partial charge in [-0.05, 0) is 18.3 Å². The van der Waals surface area contributed by atoms with Crippen LogP contribution < -0.4 is 5.14 Å². The fourth-order valence-corrected chi connectivity index (χ4v) is 3.27. The van der Waals surface area contributed by atoms with Crippen LogP contribution in [0.1, 0.15) is 27.2 Å². The molecule has 13 heavy (non-hydrogen) atoms. The largest absolute Gasteiger partial charge is 0.228 e. The maximum atomic E-state index is 11.2. The first-order valence-electron chi connectivity index (χ1n) is 4.43. The van der Waals surface area contributed by atoms with Gasteiger partial charge in [0.15, 0.2) is 0 Å². The van der Waals surface area contributed by atoms with Crippen molar-refractivity contribution in [3.05, 3.63) is 12.7 Å². The van der Waals surface area contributed by atoms with Gasteiger partial charge in [0.1, 0.15) is 0 Å². The molecule has 2 N–H and O–H groups in total. The Bertz CT molecular complexity index is 257. The van der Waals surface area contributed by atoms with E-state index in [1.807, 2.05) is 20.8 Å². The summed E-state index contributed by atoms with van der Waals surface area (Å²) >= 11 is 0. The SMILES string of the molecule is C=CC[C@H](C)[C@H](C(C)C)S(N)(=O)=O. The van der Waals surface area contributed by atoms with Gasteiger partial charge in [0.25, 0.3) is 0 Å². The summed E-state index contributed by atoms with van der Waals surface area (Å²) in [5.74, 6) is 0.0810. The second kappa shape index (κ2) is 4.77. The standard InChI is InChI=1S/C9H19NO2S/c1-5-6-8(4)9(7(2)3)13(10,11)12/h5,7-9H,1,6H2,2-4H3,(H2,10,11,12)/t8-,9-/m0/s1. The maximum Gasteiger partial charge on any atom is 0.212 e. The highest BCUT2D eigenvalue weighted by Crippen LogP contribution is 2.21. The van der Waals surface area contributed by atoms with E-state index in [4.69, 9.17) is 5.14 Å². The Kier molecular flexibility index (Phi) is 4.64. The Morgan fingerprint density at radius 2 is 1.85 bits per heavy atom. The van der Waals surface area contributed by atoms with Crippen molar-refractivity contribution in [2.45, 2.75) is 32.4 Å². The average molecular weight is 205 g/mol. The molecule has 0 spiro atoms. The zero-order chi connectivity index (χ0) is 10.6. The molecule has 0 aliphatic rings. The average Bonchev–Trinajstić information content (AvgIpc) is 1.82. The minimum atomic E-state index is -3.43. The predicted molar refractivity (Wildman–Crippen MR) is 55.7 cm³/mol. The Morgan fingerprint density at radius 1 is 1.38 bits per heavy atom. The Morgan fingerprint density at radius 3 is 2.08 bits per heavy atom. The van der Waals surface area contributed by atoms with E-state index in [-0.39, 0.29) is 11.8 Å². The Balaban J connectivity index is 4.72. The van der Waals surface area contributed by atoms with Gasteiger partial charge >= 0.3 is 0 Å². The van der Waals surface area contributed by atoms with Gasteiger partial charge in [-0.2, -0.15) is 0 Å². The van der Waals surface area contributed by atoms with E-state index in [2.05, 4.69) is 6.58 Å². The highest BCUT2D eigenvalue weighted by molar-refractivity contribution is 7.89. The van der Waals surface area contributed by atoms with Gasteiger partial charge in [0.05, 0.1) is 5.25 Å². The van der Waals surface area contributed by atoms with Crippen LogP contribution in [0.4, 0.5) is 0 Å². The van der Waals surface area contributed by atoms with E-state index < -0.39 is 15.3 Å². The van der Waals surface area contributed by atoms with Crippen LogP contribution in [-0.4, -0.2) is 13.7 Å². The molecule has 0 amide bonds. The number of sulfonamides is 1. The van der Waals surface area contributed by atoms with Crippen LogP contribution in [-0.2, 0) is 10.0 Å². The topological polar surface area (TPSA) is 60.2 Å². The summed E-state index contributed by atoms with van der Waals surface area (Å²) in [5, 5.41) is 4.68. The fourth-order valence-electron chi connectivity index (χ4n) is 1.76. The smallest absolute Gasteiger partial charge is 0.212 e. The van der Waals surface area contributed by atoms with Crippen molar-refractivity contribution < 1.29 is 8.42 Å². The van der Waals surface area contributed by atoms with Crippen LogP contribution in [0.2, 0.25) is 0 Å². The zero-order valence-electron chi connectivity index (χ0n) is 8.53. The number of primary sulfonamides is 1. The van der Waals surface area contributed by atoms with Gasteiger partial charge in [-0.3, -0.25) is 0 Å². The highest BCUT2D eigenvalue weighted by Gasteiger charge is 2.29. The molecule has 0 radical (unpaired) electrons. The molecule has 0 aliphatic heterocycles. The minimum Gasteiger partial charge on any atom is -0.228 e. The lowest BCUT2D eigenvalue weighted by atomic mass is 9.95. The molecule has 0 bridgehead atoms. The number of hydrogen-bond donors (Lipinski definition) is 1. The summed E-state index contributed by atoms with van der Waals surface area (Å²) in [5.41, 5.74) is 0. The molecule has 4 heteroatoms. The first-order chi connectivity index (χ1) is 5.80. The van der Waals surface area contributed by atoms with Gasteiger partial charge in [0, 0.05) is 0 Å².